The molecule has 0 aliphatic carbocycles. The summed E-state index contributed by atoms with van der Waals surface area (Å²) < 4.78 is 23.7. The number of aromatic nitrogens is 2. The van der Waals surface area contributed by atoms with Crippen molar-refractivity contribution in [3.05, 3.63) is 53.2 Å². The predicted molar refractivity (Wildman–Crippen MR) is 167 cm³/mol. The molecular formula is C29H36ClN6O4P. The van der Waals surface area contributed by atoms with Crippen molar-refractivity contribution < 1.29 is 18.8 Å². The Bertz CT molecular complexity index is 1550. The summed E-state index contributed by atoms with van der Waals surface area (Å²) in [6, 6.07) is 10.6. The summed E-state index contributed by atoms with van der Waals surface area (Å²) in [6.07, 6.45) is 0.884. The first-order valence-electron chi connectivity index (χ1n) is 12.7. The lowest BCUT2D eigenvalue weighted by Crippen LogP contribution is -2.44. The number of nitrogens with one attached hydrogen (secondary N) is 3. The van der Waals surface area contributed by atoms with E-state index >= 15 is 0 Å². The highest BCUT2D eigenvalue weighted by Crippen LogP contribution is 2.39. The van der Waals surface area contributed by atoms with Crippen LogP contribution >= 0.6 is 18.7 Å². The van der Waals surface area contributed by atoms with Crippen molar-refractivity contribution in [1.82, 2.24) is 15.3 Å². The second-order valence-electron chi connectivity index (χ2n) is 11.1. The average molecular weight is 599 g/mol. The van der Waals surface area contributed by atoms with Crippen LogP contribution in [-0.4, -0.2) is 47.6 Å². The smallest absolute Gasteiger partial charge is 0.408 e. The number of nitrogen functional groups attached to an aromatic ring is 1. The van der Waals surface area contributed by atoms with Crippen LogP contribution in [0.5, 0.6) is 5.75 Å². The molecule has 1 heterocycles. The number of amides is 1. The molecule has 0 saturated carbocycles. The molecule has 0 spiro atoms. The highest BCUT2D eigenvalue weighted by Gasteiger charge is 2.23. The molecule has 0 radical (unpaired) electrons. The number of benzene rings is 2. The minimum absolute atomic E-state index is 0.227. The fraction of sp³-hybridized carbons (Fsp3) is 0.345. The van der Waals surface area contributed by atoms with Gasteiger partial charge in [0, 0.05) is 17.1 Å². The number of carbonyl (C=O) groups is 1. The summed E-state index contributed by atoms with van der Waals surface area (Å²) in [5, 5.41) is 9.99. The Balaban J connectivity index is 1.86. The zero-order valence-corrected chi connectivity index (χ0v) is 26.1. The zero-order chi connectivity index (χ0) is 30.6. The van der Waals surface area contributed by atoms with Crippen LogP contribution in [0.2, 0.25) is 5.02 Å². The van der Waals surface area contributed by atoms with Gasteiger partial charge in [-0.3, -0.25) is 0 Å². The van der Waals surface area contributed by atoms with E-state index in [4.69, 9.17) is 26.8 Å². The molecule has 0 fully saturated rings. The van der Waals surface area contributed by atoms with E-state index in [2.05, 4.69) is 37.8 Å². The SMILES string of the molecule is COc1cc(C#CC(C)(C)NC(=O)OC(C)(C)C)c(N)cc1Nc1ncc(Cl)c(Nc2ccccc2P(C)(C)=O)n1. The van der Waals surface area contributed by atoms with Gasteiger partial charge in [0.2, 0.25) is 5.95 Å². The quantitative estimate of drug-likeness (QED) is 0.144. The Hall–Kier alpha value is -3.93. The van der Waals surface area contributed by atoms with Gasteiger partial charge in [0.1, 0.15) is 23.5 Å². The summed E-state index contributed by atoms with van der Waals surface area (Å²) in [5.74, 6) is 7.04. The van der Waals surface area contributed by atoms with E-state index in [9.17, 15) is 9.36 Å². The highest BCUT2D eigenvalue weighted by atomic mass is 35.5. The second kappa shape index (κ2) is 12.3. The first kappa shape index (κ1) is 31.6. The molecular weight excluding hydrogens is 563 g/mol. The third-order valence-electron chi connectivity index (χ3n) is 5.42. The molecule has 0 bridgehead atoms. The summed E-state index contributed by atoms with van der Waals surface area (Å²) in [5.41, 5.74) is 6.82. The largest absolute Gasteiger partial charge is 0.495 e. The standard InChI is InChI=1S/C29H36ClN6O4P/c1-28(2,3)40-27(37)36-29(4,5)14-13-18-15-23(39-6)22(16-20(18)31)34-26-32-17-19(30)25(35-26)33-21-11-9-10-12-24(21)41(7,8)38/h9-12,15-17H,31H2,1-8H3,(H,36,37)(H2,32,33,34,35). The number of hydrogen-bond acceptors (Lipinski definition) is 9. The Morgan fingerprint density at radius 2 is 1.76 bits per heavy atom. The van der Waals surface area contributed by atoms with Crippen LogP contribution in [0.3, 0.4) is 0 Å². The molecule has 41 heavy (non-hydrogen) atoms. The van der Waals surface area contributed by atoms with Crippen molar-refractivity contribution in [3.63, 3.8) is 0 Å². The van der Waals surface area contributed by atoms with Gasteiger partial charge in [-0.2, -0.15) is 4.98 Å². The molecule has 10 nitrogen and oxygen atoms in total. The summed E-state index contributed by atoms with van der Waals surface area (Å²) in [7, 11) is -1.04. The van der Waals surface area contributed by atoms with Crippen molar-refractivity contribution >= 4 is 59.0 Å². The molecule has 218 valence electrons. The fourth-order valence-corrected chi connectivity index (χ4v) is 4.89. The van der Waals surface area contributed by atoms with E-state index in [1.54, 1.807) is 60.1 Å². The molecule has 0 atom stereocenters. The number of methoxy groups -OCH3 is 1. The summed E-state index contributed by atoms with van der Waals surface area (Å²) in [6.45, 7) is 12.3. The van der Waals surface area contributed by atoms with Crippen molar-refractivity contribution in [2.75, 3.05) is 36.8 Å². The van der Waals surface area contributed by atoms with Crippen LogP contribution in [0.25, 0.3) is 0 Å². The molecule has 1 aromatic heterocycles. The van der Waals surface area contributed by atoms with Crippen molar-refractivity contribution in [2.24, 2.45) is 0 Å². The maximum Gasteiger partial charge on any atom is 0.408 e. The van der Waals surface area contributed by atoms with Crippen LogP contribution in [0.4, 0.5) is 33.6 Å². The maximum atomic E-state index is 12.8. The lowest BCUT2D eigenvalue weighted by atomic mass is 10.0. The van der Waals surface area contributed by atoms with Crippen LogP contribution in [-0.2, 0) is 9.30 Å². The molecule has 0 aliphatic heterocycles. The highest BCUT2D eigenvalue weighted by molar-refractivity contribution is 7.70. The normalized spacial score (nSPS) is 11.6. The van der Waals surface area contributed by atoms with Gasteiger partial charge in [0.25, 0.3) is 0 Å². The number of hydrogen-bond donors (Lipinski definition) is 4. The molecule has 3 rings (SSSR count). The number of nitrogens with two attached hydrogens (primary N) is 1. The Kier molecular flexibility index (Phi) is 9.47. The Labute approximate surface area is 246 Å². The predicted octanol–water partition coefficient (Wildman–Crippen LogP) is 6.11. The number of para-hydroxylation sites is 1. The number of anilines is 5. The average Bonchev–Trinajstić information content (AvgIpc) is 2.83. The Morgan fingerprint density at radius 3 is 2.39 bits per heavy atom. The van der Waals surface area contributed by atoms with Crippen molar-refractivity contribution in [1.29, 1.82) is 0 Å². The minimum atomic E-state index is -2.56. The zero-order valence-electron chi connectivity index (χ0n) is 24.5. The number of carbonyl (C=O) groups excluding carboxylic acids is 1. The molecule has 1 amide bonds. The van der Waals surface area contributed by atoms with E-state index in [0.29, 0.717) is 39.5 Å². The molecule has 0 saturated heterocycles. The molecule has 0 unspecified atom stereocenters. The van der Waals surface area contributed by atoms with Gasteiger partial charge in [0.05, 0.1) is 35.8 Å². The van der Waals surface area contributed by atoms with Gasteiger partial charge >= 0.3 is 6.09 Å². The molecule has 12 heteroatoms. The van der Waals surface area contributed by atoms with Crippen molar-refractivity contribution in [3.8, 4) is 17.6 Å². The minimum Gasteiger partial charge on any atom is -0.495 e. The number of alkyl carbamates (subject to hydrolysis) is 1. The van der Waals surface area contributed by atoms with E-state index in [1.807, 2.05) is 24.3 Å². The van der Waals surface area contributed by atoms with Crippen molar-refractivity contribution in [2.45, 2.75) is 45.8 Å². The summed E-state index contributed by atoms with van der Waals surface area (Å²) >= 11 is 6.38. The monoisotopic (exact) mass is 598 g/mol. The first-order chi connectivity index (χ1) is 19.0. The van der Waals surface area contributed by atoms with E-state index in [0.717, 1.165) is 0 Å². The summed E-state index contributed by atoms with van der Waals surface area (Å²) in [4.78, 5) is 21.0. The molecule has 5 N–H and O–H groups in total. The Morgan fingerprint density at radius 1 is 1.07 bits per heavy atom. The van der Waals surface area contributed by atoms with Gasteiger partial charge in [-0.25, -0.2) is 9.78 Å². The lowest BCUT2D eigenvalue weighted by molar-refractivity contribution is 0.0494. The van der Waals surface area contributed by atoms with Crippen LogP contribution in [0, 0.1) is 11.8 Å². The molecule has 2 aromatic carbocycles. The maximum absolute atomic E-state index is 12.8. The van der Waals surface area contributed by atoms with Gasteiger partial charge < -0.3 is 35.7 Å². The third kappa shape index (κ3) is 9.04. The van der Waals surface area contributed by atoms with Gasteiger partial charge in [-0.15, -0.1) is 0 Å². The van der Waals surface area contributed by atoms with Crippen LogP contribution < -0.4 is 31.7 Å². The van der Waals surface area contributed by atoms with E-state index in [1.165, 1.54) is 13.3 Å². The van der Waals surface area contributed by atoms with Crippen LogP contribution in [0.15, 0.2) is 42.6 Å². The number of ether oxygens (including phenoxy) is 2. The topological polar surface area (TPSA) is 140 Å². The number of nitrogens with zero attached hydrogens (tertiary/aromatic N) is 2. The first-order valence-corrected chi connectivity index (χ1v) is 15.7. The van der Waals surface area contributed by atoms with Gasteiger partial charge in [0.15, 0.2) is 5.82 Å². The fourth-order valence-electron chi connectivity index (χ4n) is 3.60. The van der Waals surface area contributed by atoms with Crippen LogP contribution in [0.1, 0.15) is 40.2 Å². The van der Waals surface area contributed by atoms with E-state index < -0.39 is 24.4 Å². The number of halogens is 1. The van der Waals surface area contributed by atoms with E-state index in [-0.39, 0.29) is 11.0 Å². The molecule has 3 aromatic rings. The lowest BCUT2D eigenvalue weighted by Gasteiger charge is -2.24. The number of rotatable bonds is 7. The third-order valence-corrected chi connectivity index (χ3v) is 7.25. The molecule has 0 aliphatic rings. The van der Waals surface area contributed by atoms with Gasteiger partial charge in [-0.05, 0) is 66.1 Å². The second-order valence-corrected chi connectivity index (χ2v) is 14.7. The van der Waals surface area contributed by atoms with Gasteiger partial charge in [-0.1, -0.05) is 35.6 Å².